The molecule has 0 unspecified atom stereocenters. The van der Waals surface area contributed by atoms with Crippen molar-refractivity contribution in [1.82, 2.24) is 25.1 Å². The van der Waals surface area contributed by atoms with Crippen LogP contribution in [0.2, 0.25) is 5.02 Å². The molecule has 0 aliphatic carbocycles. The lowest BCUT2D eigenvalue weighted by Gasteiger charge is -2.09. The fourth-order valence-corrected chi connectivity index (χ4v) is 1.81. The lowest BCUT2D eigenvalue weighted by Crippen LogP contribution is -2.20. The molecule has 19 heavy (non-hydrogen) atoms. The number of rotatable bonds is 5. The van der Waals surface area contributed by atoms with Crippen molar-refractivity contribution in [2.75, 3.05) is 6.54 Å². The normalized spacial score (nSPS) is 11.2. The van der Waals surface area contributed by atoms with Crippen molar-refractivity contribution in [2.24, 2.45) is 5.92 Å². The summed E-state index contributed by atoms with van der Waals surface area (Å²) >= 11 is 5.83. The molecule has 0 bridgehead atoms. The molecule has 2 aromatic heterocycles. The fraction of sp³-hybridized carbons (Fsp3) is 0.462. The third kappa shape index (κ3) is 3.75. The molecule has 1 N–H and O–H groups in total. The van der Waals surface area contributed by atoms with E-state index in [1.807, 2.05) is 13.1 Å². The molecule has 102 valence electrons. The number of nitrogens with one attached hydrogen (secondary N) is 1. The minimum absolute atomic E-state index is 0.539. The first kappa shape index (κ1) is 14.0. The summed E-state index contributed by atoms with van der Waals surface area (Å²) in [5, 5.41) is 8.04. The van der Waals surface area contributed by atoms with Crippen LogP contribution in [0.25, 0.3) is 5.95 Å². The van der Waals surface area contributed by atoms with Crippen molar-refractivity contribution in [3.63, 3.8) is 0 Å². The maximum atomic E-state index is 5.83. The van der Waals surface area contributed by atoms with Gasteiger partial charge in [-0.1, -0.05) is 25.4 Å². The molecule has 2 heterocycles. The Balaban J connectivity index is 2.09. The van der Waals surface area contributed by atoms with E-state index in [0.717, 1.165) is 24.3 Å². The number of hydrogen-bond acceptors (Lipinski definition) is 4. The van der Waals surface area contributed by atoms with Crippen LogP contribution in [0.4, 0.5) is 0 Å². The number of nitrogens with zero attached hydrogens (tertiary/aromatic N) is 4. The smallest absolute Gasteiger partial charge is 0.250 e. The van der Waals surface area contributed by atoms with Gasteiger partial charge in [-0.15, -0.1) is 0 Å². The van der Waals surface area contributed by atoms with Crippen LogP contribution in [-0.2, 0) is 6.54 Å². The van der Waals surface area contributed by atoms with E-state index in [0.29, 0.717) is 16.9 Å². The highest BCUT2D eigenvalue weighted by Gasteiger charge is 2.06. The Hall–Kier alpha value is -1.46. The van der Waals surface area contributed by atoms with Gasteiger partial charge in [-0.3, -0.25) is 0 Å². The average molecular weight is 280 g/mol. The third-order valence-electron chi connectivity index (χ3n) is 2.69. The Kier molecular flexibility index (Phi) is 4.50. The maximum Gasteiger partial charge on any atom is 0.250 e. The molecule has 0 aromatic carbocycles. The zero-order valence-corrected chi connectivity index (χ0v) is 12.1. The number of aromatic nitrogens is 4. The molecular formula is C13H18ClN5. The zero-order chi connectivity index (χ0) is 13.8. The minimum Gasteiger partial charge on any atom is -0.312 e. The standard InChI is InChI=1S/C13H18ClN5/c1-9(2)4-15-5-11-6-16-13(18-10(11)3)19-8-12(14)7-17-19/h6-9,15H,4-5H2,1-3H3. The Labute approximate surface area is 118 Å². The monoisotopic (exact) mass is 279 g/mol. The highest BCUT2D eigenvalue weighted by Crippen LogP contribution is 2.10. The number of halogens is 1. The number of aryl methyl sites for hydroxylation is 1. The maximum absolute atomic E-state index is 5.83. The van der Waals surface area contributed by atoms with E-state index < -0.39 is 0 Å². The molecule has 0 saturated heterocycles. The van der Waals surface area contributed by atoms with E-state index in [9.17, 15) is 0 Å². The molecule has 5 nitrogen and oxygen atoms in total. The van der Waals surface area contributed by atoms with Gasteiger partial charge in [0, 0.05) is 24.0 Å². The Morgan fingerprint density at radius 2 is 2.16 bits per heavy atom. The van der Waals surface area contributed by atoms with Gasteiger partial charge in [-0.25, -0.2) is 14.6 Å². The summed E-state index contributed by atoms with van der Waals surface area (Å²) in [6, 6.07) is 0. The van der Waals surface area contributed by atoms with E-state index in [-0.39, 0.29) is 0 Å². The van der Waals surface area contributed by atoms with E-state index in [2.05, 4.69) is 34.2 Å². The molecule has 0 amide bonds. The van der Waals surface area contributed by atoms with Crippen molar-refractivity contribution in [3.8, 4) is 5.95 Å². The molecule has 0 aliphatic heterocycles. The first-order valence-electron chi connectivity index (χ1n) is 6.30. The van der Waals surface area contributed by atoms with Crippen LogP contribution >= 0.6 is 11.6 Å². The van der Waals surface area contributed by atoms with Gasteiger partial charge in [-0.05, 0) is 19.4 Å². The van der Waals surface area contributed by atoms with Gasteiger partial charge in [0.1, 0.15) is 0 Å². The Bertz CT molecular complexity index is 550. The van der Waals surface area contributed by atoms with Gasteiger partial charge in [0.25, 0.3) is 5.95 Å². The second-order valence-corrected chi connectivity index (χ2v) is 5.34. The topological polar surface area (TPSA) is 55.6 Å². The van der Waals surface area contributed by atoms with Crippen molar-refractivity contribution in [2.45, 2.75) is 27.3 Å². The summed E-state index contributed by atoms with van der Waals surface area (Å²) in [5.41, 5.74) is 2.05. The van der Waals surface area contributed by atoms with Crippen LogP contribution in [0, 0.1) is 12.8 Å². The van der Waals surface area contributed by atoms with E-state index in [4.69, 9.17) is 11.6 Å². The average Bonchev–Trinajstić information content (AvgIpc) is 2.77. The highest BCUT2D eigenvalue weighted by molar-refractivity contribution is 6.30. The summed E-state index contributed by atoms with van der Waals surface area (Å²) in [5.74, 6) is 1.17. The van der Waals surface area contributed by atoms with Gasteiger partial charge in [0.05, 0.1) is 17.4 Å². The van der Waals surface area contributed by atoms with Crippen LogP contribution in [0.5, 0.6) is 0 Å². The van der Waals surface area contributed by atoms with Crippen molar-refractivity contribution in [3.05, 3.63) is 34.9 Å². The molecule has 0 spiro atoms. The molecule has 2 rings (SSSR count). The van der Waals surface area contributed by atoms with Crippen LogP contribution in [-0.4, -0.2) is 26.3 Å². The van der Waals surface area contributed by atoms with Gasteiger partial charge >= 0.3 is 0 Å². The molecule has 6 heteroatoms. The van der Waals surface area contributed by atoms with E-state index >= 15 is 0 Å². The first-order chi connectivity index (χ1) is 9.06. The molecule has 2 aromatic rings. The van der Waals surface area contributed by atoms with Crippen LogP contribution in [0.3, 0.4) is 0 Å². The number of hydrogen-bond donors (Lipinski definition) is 1. The Morgan fingerprint density at radius 3 is 2.74 bits per heavy atom. The van der Waals surface area contributed by atoms with Gasteiger partial charge in [0.15, 0.2) is 0 Å². The van der Waals surface area contributed by atoms with Crippen molar-refractivity contribution < 1.29 is 0 Å². The van der Waals surface area contributed by atoms with Crippen LogP contribution < -0.4 is 5.32 Å². The lowest BCUT2D eigenvalue weighted by atomic mass is 10.2. The lowest BCUT2D eigenvalue weighted by molar-refractivity contribution is 0.550. The van der Waals surface area contributed by atoms with E-state index in [1.54, 1.807) is 17.1 Å². The fourth-order valence-electron chi connectivity index (χ4n) is 1.67. The van der Waals surface area contributed by atoms with Crippen molar-refractivity contribution >= 4 is 11.6 Å². The molecule has 0 atom stereocenters. The van der Waals surface area contributed by atoms with Crippen molar-refractivity contribution in [1.29, 1.82) is 0 Å². The predicted octanol–water partition coefficient (Wildman–Crippen LogP) is 2.37. The van der Waals surface area contributed by atoms with Gasteiger partial charge in [0.2, 0.25) is 0 Å². The summed E-state index contributed by atoms with van der Waals surface area (Å²) in [6.45, 7) is 8.10. The zero-order valence-electron chi connectivity index (χ0n) is 11.4. The second-order valence-electron chi connectivity index (χ2n) is 4.91. The molecule has 0 radical (unpaired) electrons. The SMILES string of the molecule is Cc1nc(-n2cc(Cl)cn2)ncc1CNCC(C)C. The van der Waals surface area contributed by atoms with E-state index in [1.165, 1.54) is 0 Å². The Morgan fingerprint density at radius 1 is 1.37 bits per heavy atom. The molecular weight excluding hydrogens is 262 g/mol. The van der Waals surface area contributed by atoms with Crippen LogP contribution in [0.1, 0.15) is 25.1 Å². The highest BCUT2D eigenvalue weighted by atomic mass is 35.5. The van der Waals surface area contributed by atoms with Gasteiger partial charge < -0.3 is 5.32 Å². The molecule has 0 fully saturated rings. The molecule has 0 aliphatic rings. The minimum atomic E-state index is 0.539. The largest absolute Gasteiger partial charge is 0.312 e. The molecule has 0 saturated carbocycles. The second kappa shape index (κ2) is 6.12. The van der Waals surface area contributed by atoms with Crippen LogP contribution in [0.15, 0.2) is 18.6 Å². The van der Waals surface area contributed by atoms with Gasteiger partial charge in [-0.2, -0.15) is 5.10 Å². The third-order valence-corrected chi connectivity index (χ3v) is 2.89. The predicted molar refractivity (Wildman–Crippen MR) is 75.4 cm³/mol. The summed E-state index contributed by atoms with van der Waals surface area (Å²) < 4.78 is 1.57. The quantitative estimate of drug-likeness (QED) is 0.913. The summed E-state index contributed by atoms with van der Waals surface area (Å²) in [4.78, 5) is 8.76. The summed E-state index contributed by atoms with van der Waals surface area (Å²) in [6.07, 6.45) is 5.09. The first-order valence-corrected chi connectivity index (χ1v) is 6.68. The summed E-state index contributed by atoms with van der Waals surface area (Å²) in [7, 11) is 0.